The highest BCUT2D eigenvalue weighted by Crippen LogP contribution is 2.25. The zero-order valence-electron chi connectivity index (χ0n) is 8.08. The fourth-order valence-corrected chi connectivity index (χ4v) is 1.31. The van der Waals surface area contributed by atoms with Gasteiger partial charge in [0.2, 0.25) is 0 Å². The third-order valence-corrected chi connectivity index (χ3v) is 2.10. The molecule has 3 N–H and O–H groups in total. The van der Waals surface area contributed by atoms with E-state index in [9.17, 15) is 8.42 Å². The lowest BCUT2D eigenvalue weighted by atomic mass is 10.3. The lowest BCUT2D eigenvalue weighted by Crippen LogP contribution is -1.97. The molecule has 1 rings (SSSR count). The number of hydrogen-bond acceptors (Lipinski definition) is 4. The van der Waals surface area contributed by atoms with E-state index < -0.39 is 20.8 Å². The van der Waals surface area contributed by atoms with Crippen molar-refractivity contribution in [1.82, 2.24) is 0 Å². The maximum absolute atomic E-state index is 10.5. The molecule has 0 aromatic heterocycles. The van der Waals surface area contributed by atoms with E-state index >= 15 is 0 Å². The zero-order chi connectivity index (χ0) is 12.1. The molecule has 0 saturated heterocycles. The van der Waals surface area contributed by atoms with Crippen LogP contribution in [0.5, 0.6) is 11.5 Å². The van der Waals surface area contributed by atoms with Crippen molar-refractivity contribution in [3.8, 4) is 11.5 Å². The van der Waals surface area contributed by atoms with Crippen LogP contribution in [-0.4, -0.2) is 23.2 Å². The second kappa shape index (κ2) is 5.38. The smallest absolute Gasteiger partial charge is 0.298 e. The monoisotopic (exact) mass is 232 g/mol. The van der Waals surface area contributed by atoms with E-state index in [1.54, 1.807) is 6.08 Å². The number of phenols is 2. The Labute approximate surface area is 88.1 Å². The minimum Gasteiger partial charge on any atom is -0.508 e. The van der Waals surface area contributed by atoms with Gasteiger partial charge in [-0.1, -0.05) is 6.08 Å². The first-order valence-electron chi connectivity index (χ1n) is 3.89. The summed E-state index contributed by atoms with van der Waals surface area (Å²) in [6, 6.07) is 2.83. The Hall–Kier alpha value is -1.53. The van der Waals surface area contributed by atoms with Gasteiger partial charge < -0.3 is 10.2 Å². The molecule has 0 spiro atoms. The van der Waals surface area contributed by atoms with Gasteiger partial charge in [-0.2, -0.15) is 8.42 Å². The van der Waals surface area contributed by atoms with Crippen molar-refractivity contribution in [1.29, 1.82) is 0 Å². The van der Waals surface area contributed by atoms with E-state index in [1.165, 1.54) is 0 Å². The van der Waals surface area contributed by atoms with E-state index in [1.807, 2.05) is 6.92 Å². The van der Waals surface area contributed by atoms with Crippen molar-refractivity contribution in [2.75, 3.05) is 0 Å². The molecule has 0 unspecified atom stereocenters. The maximum atomic E-state index is 10.5. The number of hydrogen-bond donors (Lipinski definition) is 3. The lowest BCUT2D eigenvalue weighted by Gasteiger charge is -2.00. The van der Waals surface area contributed by atoms with Gasteiger partial charge in [0.1, 0.15) is 16.4 Å². The minimum atomic E-state index is -4.47. The molecule has 0 radical (unpaired) electrons. The Morgan fingerprint density at radius 1 is 1.33 bits per heavy atom. The third-order valence-electron chi connectivity index (χ3n) is 1.22. The van der Waals surface area contributed by atoms with Gasteiger partial charge in [-0.3, -0.25) is 4.55 Å². The molecule has 0 aliphatic carbocycles. The summed E-state index contributed by atoms with van der Waals surface area (Å²) >= 11 is 0. The first-order chi connectivity index (χ1) is 6.82. The van der Waals surface area contributed by atoms with Gasteiger partial charge in [0.15, 0.2) is 0 Å². The van der Waals surface area contributed by atoms with Crippen molar-refractivity contribution in [2.24, 2.45) is 0 Å². The molecule has 0 saturated carbocycles. The second-order valence-corrected chi connectivity index (χ2v) is 3.93. The molecular formula is C9H12O5S. The molecule has 0 bridgehead atoms. The van der Waals surface area contributed by atoms with Crippen LogP contribution >= 0.6 is 0 Å². The SMILES string of the molecule is C=CC.O=S(=O)(O)c1cc(O)ccc1O. The summed E-state index contributed by atoms with van der Waals surface area (Å²) in [5.74, 6) is -0.948. The molecule has 0 heterocycles. The van der Waals surface area contributed by atoms with Gasteiger partial charge in [0.25, 0.3) is 10.1 Å². The Morgan fingerprint density at radius 2 is 1.80 bits per heavy atom. The van der Waals surface area contributed by atoms with E-state index in [-0.39, 0.29) is 5.75 Å². The summed E-state index contributed by atoms with van der Waals surface area (Å²) in [5.41, 5.74) is 0. The quantitative estimate of drug-likeness (QED) is 0.388. The molecule has 15 heavy (non-hydrogen) atoms. The summed E-state index contributed by atoms with van der Waals surface area (Å²) in [5, 5.41) is 17.7. The predicted molar refractivity (Wildman–Crippen MR) is 55.5 cm³/mol. The standard InChI is InChI=1S/C6H6O5S.C3H6/c7-4-1-2-5(8)6(3-4)12(9,10)11;1-3-2/h1-3,7-8H,(H,9,10,11);3H,1H2,2H3. The summed E-state index contributed by atoms with van der Waals surface area (Å²) in [7, 11) is -4.47. The van der Waals surface area contributed by atoms with Crippen LogP contribution in [0.1, 0.15) is 6.92 Å². The molecule has 84 valence electrons. The van der Waals surface area contributed by atoms with Gasteiger partial charge in [-0.05, 0) is 19.1 Å². The minimum absolute atomic E-state index is 0.347. The molecule has 0 atom stereocenters. The Bertz CT molecular complexity index is 436. The largest absolute Gasteiger partial charge is 0.508 e. The number of rotatable bonds is 1. The maximum Gasteiger partial charge on any atom is 0.298 e. The van der Waals surface area contributed by atoms with Crippen LogP contribution in [0.2, 0.25) is 0 Å². The fraction of sp³-hybridized carbons (Fsp3) is 0.111. The first-order valence-corrected chi connectivity index (χ1v) is 5.33. The molecule has 0 amide bonds. The fourth-order valence-electron chi connectivity index (χ4n) is 0.709. The van der Waals surface area contributed by atoms with Crippen molar-refractivity contribution < 1.29 is 23.2 Å². The first kappa shape index (κ1) is 13.5. The summed E-state index contributed by atoms with van der Waals surface area (Å²) < 4.78 is 29.5. The van der Waals surface area contributed by atoms with E-state index in [0.29, 0.717) is 0 Å². The van der Waals surface area contributed by atoms with E-state index in [0.717, 1.165) is 18.2 Å². The van der Waals surface area contributed by atoms with Crippen LogP contribution < -0.4 is 0 Å². The highest BCUT2D eigenvalue weighted by Gasteiger charge is 2.15. The Morgan fingerprint density at radius 3 is 2.13 bits per heavy atom. The number of benzene rings is 1. The summed E-state index contributed by atoms with van der Waals surface area (Å²) in [6.45, 7) is 5.25. The average Bonchev–Trinajstić information content (AvgIpc) is 2.09. The number of aromatic hydroxyl groups is 2. The van der Waals surface area contributed by atoms with Gasteiger partial charge in [0, 0.05) is 6.07 Å². The molecule has 5 nitrogen and oxygen atoms in total. The summed E-state index contributed by atoms with van der Waals surface area (Å²) in [6.07, 6.45) is 1.75. The highest BCUT2D eigenvalue weighted by atomic mass is 32.2. The normalized spacial score (nSPS) is 10.0. The van der Waals surface area contributed by atoms with E-state index in [4.69, 9.17) is 14.8 Å². The zero-order valence-corrected chi connectivity index (χ0v) is 8.90. The van der Waals surface area contributed by atoms with Crippen molar-refractivity contribution >= 4 is 10.1 Å². The van der Waals surface area contributed by atoms with E-state index in [2.05, 4.69) is 6.58 Å². The van der Waals surface area contributed by atoms with Crippen LogP contribution in [0.15, 0.2) is 35.7 Å². The summed E-state index contributed by atoms with van der Waals surface area (Å²) in [4.78, 5) is -0.706. The van der Waals surface area contributed by atoms with Gasteiger partial charge in [-0.25, -0.2) is 0 Å². The van der Waals surface area contributed by atoms with Crippen molar-refractivity contribution in [2.45, 2.75) is 11.8 Å². The molecular weight excluding hydrogens is 220 g/mol. The van der Waals surface area contributed by atoms with Gasteiger partial charge in [-0.15, -0.1) is 6.58 Å². The van der Waals surface area contributed by atoms with Crippen molar-refractivity contribution in [3.63, 3.8) is 0 Å². The van der Waals surface area contributed by atoms with Gasteiger partial charge >= 0.3 is 0 Å². The van der Waals surface area contributed by atoms with Crippen molar-refractivity contribution in [3.05, 3.63) is 30.9 Å². The Kier molecular flexibility index (Phi) is 4.83. The lowest BCUT2D eigenvalue weighted by molar-refractivity contribution is 0.433. The van der Waals surface area contributed by atoms with Crippen LogP contribution in [0, 0.1) is 0 Å². The topological polar surface area (TPSA) is 94.8 Å². The van der Waals surface area contributed by atoms with Crippen LogP contribution in [0.3, 0.4) is 0 Å². The number of allylic oxidation sites excluding steroid dienone is 1. The third kappa shape index (κ3) is 4.48. The highest BCUT2D eigenvalue weighted by molar-refractivity contribution is 7.86. The number of phenolic OH excluding ortho intramolecular Hbond substituents is 2. The predicted octanol–water partition coefficient (Wildman–Crippen LogP) is 1.54. The molecule has 6 heteroatoms. The molecule has 0 aliphatic rings. The molecule has 1 aromatic carbocycles. The van der Waals surface area contributed by atoms with Gasteiger partial charge in [0.05, 0.1) is 0 Å². The van der Waals surface area contributed by atoms with Crippen LogP contribution in [0.25, 0.3) is 0 Å². The van der Waals surface area contributed by atoms with Crippen LogP contribution in [-0.2, 0) is 10.1 Å². The Balaban J connectivity index is 0.000000583. The molecule has 0 aliphatic heterocycles. The molecule has 1 aromatic rings. The average molecular weight is 232 g/mol. The second-order valence-electron chi connectivity index (χ2n) is 2.54. The molecule has 0 fully saturated rings. The van der Waals surface area contributed by atoms with Crippen LogP contribution in [0.4, 0.5) is 0 Å².